The lowest BCUT2D eigenvalue weighted by molar-refractivity contribution is -0.384. The summed E-state index contributed by atoms with van der Waals surface area (Å²) in [5.74, 6) is -1.11. The molecule has 0 unspecified atom stereocenters. The Morgan fingerprint density at radius 1 is 0.939 bits per heavy atom. The van der Waals surface area contributed by atoms with Crippen LogP contribution in [0, 0.1) is 16.0 Å². The number of allylic oxidation sites excluding steroid dienone is 2. The number of amides is 1. The summed E-state index contributed by atoms with van der Waals surface area (Å²) in [6, 6.07) is 23.7. The van der Waals surface area contributed by atoms with E-state index in [2.05, 4.69) is 5.32 Å². The van der Waals surface area contributed by atoms with Gasteiger partial charge in [0.25, 0.3) is 5.69 Å². The van der Waals surface area contributed by atoms with Gasteiger partial charge in [0.05, 0.1) is 10.3 Å². The molecule has 5 rings (SSSR count). The maximum Gasteiger partial charge on any atom is 0.269 e. The number of hydrogen-bond donors (Lipinski definition) is 1. The lowest BCUT2D eigenvalue weighted by Gasteiger charge is -2.48. The van der Waals surface area contributed by atoms with Crippen molar-refractivity contribution in [2.24, 2.45) is 5.92 Å². The molecule has 0 bridgehead atoms. The van der Waals surface area contributed by atoms with Crippen molar-refractivity contribution in [3.8, 4) is 0 Å². The Bertz CT molecular complexity index is 1280. The van der Waals surface area contributed by atoms with Crippen LogP contribution in [-0.4, -0.2) is 17.1 Å². The van der Waals surface area contributed by atoms with Gasteiger partial charge in [-0.1, -0.05) is 73.7 Å². The van der Waals surface area contributed by atoms with E-state index in [9.17, 15) is 19.7 Å². The van der Waals surface area contributed by atoms with E-state index in [-0.39, 0.29) is 23.4 Å². The number of carbonyl (C=O) groups excluding carboxylic acids is 2. The van der Waals surface area contributed by atoms with E-state index >= 15 is 0 Å². The molecule has 6 nitrogen and oxygen atoms in total. The highest BCUT2D eigenvalue weighted by Crippen LogP contribution is 2.61. The third kappa shape index (κ3) is 3.02. The summed E-state index contributed by atoms with van der Waals surface area (Å²) in [4.78, 5) is 37.1. The van der Waals surface area contributed by atoms with Crippen LogP contribution in [-0.2, 0) is 15.0 Å². The summed E-state index contributed by atoms with van der Waals surface area (Å²) in [7, 11) is 0. The SMILES string of the molecule is C[C@H]1C=C(C=O)[C@@H](c2ccc([N+](=O)[O-])cc2)[C@]2(C(=O)Nc3ccccc32)[C@@H]1c1ccccc1. The molecule has 1 spiro atoms. The minimum Gasteiger partial charge on any atom is -0.325 e. The molecule has 1 N–H and O–H groups in total. The largest absolute Gasteiger partial charge is 0.325 e. The van der Waals surface area contributed by atoms with Gasteiger partial charge < -0.3 is 5.32 Å². The monoisotopic (exact) mass is 438 g/mol. The van der Waals surface area contributed by atoms with Crippen LogP contribution in [0.3, 0.4) is 0 Å². The molecule has 1 aliphatic heterocycles. The first-order valence-corrected chi connectivity index (χ1v) is 10.9. The van der Waals surface area contributed by atoms with Crippen molar-refractivity contribution in [2.45, 2.75) is 24.2 Å². The Kier molecular flexibility index (Phi) is 4.93. The van der Waals surface area contributed by atoms with E-state index in [0.29, 0.717) is 11.1 Å². The zero-order valence-electron chi connectivity index (χ0n) is 18.0. The summed E-state index contributed by atoms with van der Waals surface area (Å²) in [6.07, 6.45) is 2.76. The van der Waals surface area contributed by atoms with Crippen LogP contribution in [0.15, 0.2) is 90.5 Å². The molecular formula is C27H22N2O4. The molecule has 1 amide bonds. The number of nitrogens with one attached hydrogen (secondary N) is 1. The number of para-hydroxylation sites is 1. The third-order valence-corrected chi connectivity index (χ3v) is 6.99. The summed E-state index contributed by atoms with van der Waals surface area (Å²) in [5, 5.41) is 14.3. The van der Waals surface area contributed by atoms with E-state index in [1.54, 1.807) is 12.1 Å². The fourth-order valence-corrected chi connectivity index (χ4v) is 5.83. The van der Waals surface area contributed by atoms with Crippen molar-refractivity contribution in [3.05, 3.63) is 117 Å². The van der Waals surface area contributed by atoms with Crippen LogP contribution < -0.4 is 5.32 Å². The van der Waals surface area contributed by atoms with Crippen LogP contribution in [0.5, 0.6) is 0 Å². The number of anilines is 1. The first kappa shape index (κ1) is 20.8. The van der Waals surface area contributed by atoms with Gasteiger partial charge in [-0.25, -0.2) is 0 Å². The molecule has 2 aliphatic rings. The van der Waals surface area contributed by atoms with Gasteiger partial charge in [0.2, 0.25) is 5.91 Å². The number of nitrogens with zero attached hydrogens (tertiary/aromatic N) is 1. The maximum absolute atomic E-state index is 14.0. The minimum absolute atomic E-state index is 0.0375. The molecule has 0 aromatic heterocycles. The molecular weight excluding hydrogens is 416 g/mol. The Balaban J connectivity index is 1.84. The summed E-state index contributed by atoms with van der Waals surface area (Å²) in [6.45, 7) is 2.03. The van der Waals surface area contributed by atoms with Gasteiger partial charge in [-0.3, -0.25) is 19.7 Å². The molecule has 1 heterocycles. The molecule has 0 fully saturated rings. The number of aldehydes is 1. The van der Waals surface area contributed by atoms with E-state index < -0.39 is 16.3 Å². The highest BCUT2D eigenvalue weighted by atomic mass is 16.6. The Morgan fingerprint density at radius 3 is 2.27 bits per heavy atom. The second-order valence-corrected chi connectivity index (χ2v) is 8.68. The van der Waals surface area contributed by atoms with Gasteiger partial charge in [0, 0.05) is 29.7 Å². The van der Waals surface area contributed by atoms with Gasteiger partial charge in [-0.2, -0.15) is 0 Å². The smallest absolute Gasteiger partial charge is 0.269 e. The average Bonchev–Trinajstić information content (AvgIpc) is 3.11. The number of nitro groups is 1. The van der Waals surface area contributed by atoms with E-state index in [1.165, 1.54) is 12.1 Å². The van der Waals surface area contributed by atoms with Crippen LogP contribution in [0.1, 0.15) is 35.4 Å². The molecule has 3 aromatic carbocycles. The van der Waals surface area contributed by atoms with Crippen molar-refractivity contribution in [1.29, 1.82) is 0 Å². The quantitative estimate of drug-likeness (QED) is 0.348. The molecule has 3 aromatic rings. The van der Waals surface area contributed by atoms with Crippen LogP contribution in [0.25, 0.3) is 0 Å². The minimum atomic E-state index is -1.08. The lowest BCUT2D eigenvalue weighted by atomic mass is 9.52. The number of carbonyl (C=O) groups is 2. The van der Waals surface area contributed by atoms with Crippen molar-refractivity contribution in [2.75, 3.05) is 5.32 Å². The number of fused-ring (bicyclic) bond motifs is 2. The van der Waals surface area contributed by atoms with Gasteiger partial charge in [-0.15, -0.1) is 0 Å². The summed E-state index contributed by atoms with van der Waals surface area (Å²) >= 11 is 0. The van der Waals surface area contributed by atoms with Gasteiger partial charge in [0.15, 0.2) is 0 Å². The Hall–Kier alpha value is -4.06. The number of hydrogen-bond acceptors (Lipinski definition) is 4. The number of rotatable bonds is 4. The van der Waals surface area contributed by atoms with E-state index in [4.69, 9.17) is 0 Å². The highest BCUT2D eigenvalue weighted by Gasteiger charge is 2.61. The van der Waals surface area contributed by atoms with Crippen molar-refractivity contribution >= 4 is 23.6 Å². The lowest BCUT2D eigenvalue weighted by Crippen LogP contribution is -2.50. The predicted octanol–water partition coefficient (Wildman–Crippen LogP) is 5.13. The molecule has 4 atom stereocenters. The van der Waals surface area contributed by atoms with E-state index in [1.807, 2.05) is 67.6 Å². The fourth-order valence-electron chi connectivity index (χ4n) is 5.83. The molecule has 0 saturated carbocycles. The number of nitro benzene ring substituents is 1. The van der Waals surface area contributed by atoms with Crippen LogP contribution >= 0.6 is 0 Å². The molecule has 0 radical (unpaired) electrons. The number of non-ortho nitro benzene ring substituents is 1. The second-order valence-electron chi connectivity index (χ2n) is 8.68. The first-order chi connectivity index (χ1) is 16.0. The van der Waals surface area contributed by atoms with Gasteiger partial charge in [-0.05, 0) is 34.2 Å². The van der Waals surface area contributed by atoms with Gasteiger partial charge >= 0.3 is 0 Å². The average molecular weight is 438 g/mol. The van der Waals surface area contributed by atoms with Crippen molar-refractivity contribution < 1.29 is 14.5 Å². The normalized spacial score (nSPS) is 25.8. The Labute approximate surface area is 191 Å². The topological polar surface area (TPSA) is 89.3 Å². The maximum atomic E-state index is 14.0. The molecule has 164 valence electrons. The summed E-state index contributed by atoms with van der Waals surface area (Å²) < 4.78 is 0. The molecule has 33 heavy (non-hydrogen) atoms. The highest BCUT2D eigenvalue weighted by molar-refractivity contribution is 6.09. The fraction of sp³-hybridized carbons (Fsp3) is 0.185. The standard InChI is InChI=1S/C27H22N2O4/c1-17-15-20(16-30)25(19-11-13-21(14-12-19)29(32)33)27(24(17)18-7-3-2-4-8-18)22-9-5-6-10-23(22)28-26(27)31/h2-17,24-25H,1H3,(H,28,31)/t17-,24-,25+,27+/m0/s1. The summed E-state index contributed by atoms with van der Waals surface area (Å²) in [5.41, 5.74) is 2.66. The molecule has 1 aliphatic carbocycles. The van der Waals surface area contributed by atoms with Gasteiger partial charge in [0.1, 0.15) is 6.29 Å². The van der Waals surface area contributed by atoms with Crippen molar-refractivity contribution in [3.63, 3.8) is 0 Å². The zero-order valence-corrected chi connectivity index (χ0v) is 18.0. The predicted molar refractivity (Wildman–Crippen MR) is 125 cm³/mol. The first-order valence-electron chi connectivity index (χ1n) is 10.9. The second kappa shape index (κ2) is 7.81. The number of benzene rings is 3. The molecule has 6 heteroatoms. The van der Waals surface area contributed by atoms with E-state index in [0.717, 1.165) is 23.1 Å². The Morgan fingerprint density at radius 2 is 1.61 bits per heavy atom. The molecule has 0 saturated heterocycles. The third-order valence-electron chi connectivity index (χ3n) is 6.99. The van der Waals surface area contributed by atoms with Crippen LogP contribution in [0.4, 0.5) is 11.4 Å². The van der Waals surface area contributed by atoms with Crippen LogP contribution in [0.2, 0.25) is 0 Å². The van der Waals surface area contributed by atoms with Crippen molar-refractivity contribution in [1.82, 2.24) is 0 Å². The zero-order chi connectivity index (χ0) is 23.2.